The average molecular weight is 295 g/mol. The molecule has 3 rings (SSSR count). The number of aliphatic hydroxyl groups is 1. The first kappa shape index (κ1) is 14.9. The number of hydrogen-bond donors (Lipinski definition) is 2. The predicted molar refractivity (Wildman–Crippen MR) is 74.2 cm³/mol. The van der Waals surface area contributed by atoms with Crippen LogP contribution in [0.5, 0.6) is 0 Å². The van der Waals surface area contributed by atoms with Crippen LogP contribution in [0.1, 0.15) is 11.9 Å². The molecule has 2 aliphatic heterocycles. The molecule has 2 aliphatic rings. The van der Waals surface area contributed by atoms with Gasteiger partial charge in [-0.1, -0.05) is 30.3 Å². The van der Waals surface area contributed by atoms with Crippen LogP contribution in [-0.2, 0) is 18.9 Å². The Morgan fingerprint density at radius 3 is 2.62 bits per heavy atom. The largest absolute Gasteiger partial charge is 0.391 e. The minimum Gasteiger partial charge on any atom is -0.391 e. The standard InChI is InChI=1S/C15H21NO5/c1-18-15-12(16)13(17)10-7-19-14(20-8-11(10)21-15)9-5-3-2-4-6-9/h2-6,10-15,17H,7-8,16H2,1H3/t10-,11?,12?,13?,14?,15+/m1/s1. The van der Waals surface area contributed by atoms with E-state index in [9.17, 15) is 5.11 Å². The number of rotatable bonds is 2. The second-order valence-electron chi connectivity index (χ2n) is 5.42. The summed E-state index contributed by atoms with van der Waals surface area (Å²) in [6.07, 6.45) is -2.12. The molecule has 0 spiro atoms. The molecule has 21 heavy (non-hydrogen) atoms. The van der Waals surface area contributed by atoms with Crippen LogP contribution in [0, 0.1) is 5.92 Å². The molecule has 0 aliphatic carbocycles. The molecule has 2 heterocycles. The lowest BCUT2D eigenvalue weighted by molar-refractivity contribution is -0.242. The summed E-state index contributed by atoms with van der Waals surface area (Å²) in [6, 6.07) is 9.11. The third kappa shape index (κ3) is 2.96. The highest BCUT2D eigenvalue weighted by atomic mass is 16.7. The van der Waals surface area contributed by atoms with Crippen molar-refractivity contribution in [1.82, 2.24) is 0 Å². The van der Waals surface area contributed by atoms with E-state index in [2.05, 4.69) is 0 Å². The number of nitrogens with two attached hydrogens (primary N) is 1. The van der Waals surface area contributed by atoms with Gasteiger partial charge in [0.2, 0.25) is 0 Å². The smallest absolute Gasteiger partial charge is 0.183 e. The van der Waals surface area contributed by atoms with Crippen LogP contribution >= 0.6 is 0 Å². The van der Waals surface area contributed by atoms with Gasteiger partial charge in [0.1, 0.15) is 0 Å². The third-order valence-electron chi connectivity index (χ3n) is 4.09. The summed E-state index contributed by atoms with van der Waals surface area (Å²) in [5.41, 5.74) is 6.88. The maximum absolute atomic E-state index is 10.3. The van der Waals surface area contributed by atoms with Gasteiger partial charge in [-0.15, -0.1) is 0 Å². The van der Waals surface area contributed by atoms with Crippen molar-refractivity contribution in [2.24, 2.45) is 11.7 Å². The van der Waals surface area contributed by atoms with Gasteiger partial charge < -0.3 is 29.8 Å². The van der Waals surface area contributed by atoms with Crippen LogP contribution in [0.2, 0.25) is 0 Å². The Morgan fingerprint density at radius 1 is 1.19 bits per heavy atom. The van der Waals surface area contributed by atoms with Gasteiger partial charge in [0.15, 0.2) is 12.6 Å². The monoisotopic (exact) mass is 295 g/mol. The Hall–Kier alpha value is -1.02. The van der Waals surface area contributed by atoms with Crippen LogP contribution in [0.15, 0.2) is 30.3 Å². The molecule has 0 radical (unpaired) electrons. The van der Waals surface area contributed by atoms with Gasteiger partial charge in [-0.25, -0.2) is 0 Å². The van der Waals surface area contributed by atoms with E-state index >= 15 is 0 Å². The van der Waals surface area contributed by atoms with E-state index in [4.69, 9.17) is 24.7 Å². The van der Waals surface area contributed by atoms with Gasteiger partial charge in [0.05, 0.1) is 31.5 Å². The lowest BCUT2D eigenvalue weighted by atomic mass is 9.89. The summed E-state index contributed by atoms with van der Waals surface area (Å²) in [6.45, 7) is 0.656. The van der Waals surface area contributed by atoms with Crippen molar-refractivity contribution in [1.29, 1.82) is 0 Å². The zero-order valence-corrected chi connectivity index (χ0v) is 11.9. The van der Waals surface area contributed by atoms with Gasteiger partial charge in [-0.05, 0) is 0 Å². The second kappa shape index (κ2) is 6.39. The van der Waals surface area contributed by atoms with Crippen molar-refractivity contribution in [2.45, 2.75) is 30.8 Å². The Labute approximate surface area is 123 Å². The van der Waals surface area contributed by atoms with E-state index in [-0.39, 0.29) is 12.0 Å². The number of benzene rings is 1. The Balaban J connectivity index is 1.73. The van der Waals surface area contributed by atoms with E-state index < -0.39 is 24.7 Å². The zero-order chi connectivity index (χ0) is 14.8. The number of methoxy groups -OCH3 is 1. The second-order valence-corrected chi connectivity index (χ2v) is 5.42. The van der Waals surface area contributed by atoms with Crippen molar-refractivity contribution in [2.75, 3.05) is 20.3 Å². The van der Waals surface area contributed by atoms with E-state index in [0.717, 1.165) is 5.56 Å². The SMILES string of the molecule is CO[C@H]1OC2COC(c3ccccc3)OC[C@H]2C(O)C1N. The van der Waals surface area contributed by atoms with Gasteiger partial charge in [0, 0.05) is 18.6 Å². The lowest BCUT2D eigenvalue weighted by Gasteiger charge is -2.41. The van der Waals surface area contributed by atoms with E-state index in [1.807, 2.05) is 30.3 Å². The highest BCUT2D eigenvalue weighted by Gasteiger charge is 2.45. The Kier molecular flexibility index (Phi) is 4.54. The molecule has 1 aromatic carbocycles. The minimum absolute atomic E-state index is 0.222. The lowest BCUT2D eigenvalue weighted by Crippen LogP contribution is -2.60. The van der Waals surface area contributed by atoms with Gasteiger partial charge >= 0.3 is 0 Å². The fourth-order valence-corrected chi connectivity index (χ4v) is 2.84. The van der Waals surface area contributed by atoms with Crippen LogP contribution in [0.3, 0.4) is 0 Å². The zero-order valence-electron chi connectivity index (χ0n) is 11.9. The molecule has 6 nitrogen and oxygen atoms in total. The number of ether oxygens (including phenoxy) is 4. The highest BCUT2D eigenvalue weighted by molar-refractivity contribution is 5.16. The van der Waals surface area contributed by atoms with Crippen LogP contribution in [0.4, 0.5) is 0 Å². The first-order valence-electron chi connectivity index (χ1n) is 7.10. The fourth-order valence-electron chi connectivity index (χ4n) is 2.84. The maximum Gasteiger partial charge on any atom is 0.183 e. The van der Waals surface area contributed by atoms with E-state index in [0.29, 0.717) is 13.2 Å². The molecular formula is C15H21NO5. The summed E-state index contributed by atoms with van der Waals surface area (Å²) in [5, 5.41) is 10.3. The molecule has 0 saturated carbocycles. The minimum atomic E-state index is -0.744. The molecule has 0 amide bonds. The first-order valence-corrected chi connectivity index (χ1v) is 7.10. The number of aliphatic hydroxyl groups excluding tert-OH is 1. The van der Waals surface area contributed by atoms with E-state index in [1.165, 1.54) is 7.11 Å². The fraction of sp³-hybridized carbons (Fsp3) is 0.600. The van der Waals surface area contributed by atoms with E-state index in [1.54, 1.807) is 0 Å². The molecule has 3 N–H and O–H groups in total. The van der Waals surface area contributed by atoms with Crippen LogP contribution < -0.4 is 5.73 Å². The summed E-state index contributed by atoms with van der Waals surface area (Å²) in [4.78, 5) is 0. The normalized spacial score (nSPS) is 40.3. The van der Waals surface area contributed by atoms with Crippen molar-refractivity contribution >= 4 is 0 Å². The van der Waals surface area contributed by atoms with Crippen molar-refractivity contribution in [3.63, 3.8) is 0 Å². The number of hydrogen-bond acceptors (Lipinski definition) is 6. The molecule has 2 saturated heterocycles. The summed E-state index contributed by atoms with van der Waals surface area (Å²) in [7, 11) is 1.51. The number of fused-ring (bicyclic) bond motifs is 1. The maximum atomic E-state index is 10.3. The molecule has 2 fully saturated rings. The summed E-state index contributed by atoms with van der Waals surface area (Å²) >= 11 is 0. The first-order chi connectivity index (χ1) is 10.2. The third-order valence-corrected chi connectivity index (χ3v) is 4.09. The van der Waals surface area contributed by atoms with Crippen molar-refractivity contribution < 1.29 is 24.1 Å². The Morgan fingerprint density at radius 2 is 1.90 bits per heavy atom. The van der Waals surface area contributed by atoms with Crippen LogP contribution in [0.25, 0.3) is 0 Å². The molecule has 0 aromatic heterocycles. The average Bonchev–Trinajstić information content (AvgIpc) is 2.74. The highest BCUT2D eigenvalue weighted by Crippen LogP contribution is 2.32. The summed E-state index contributed by atoms with van der Waals surface area (Å²) < 4.78 is 22.5. The predicted octanol–water partition coefficient (Wildman–Crippen LogP) is 0.408. The Bertz CT molecular complexity index is 457. The molecule has 116 valence electrons. The topological polar surface area (TPSA) is 83.2 Å². The van der Waals surface area contributed by atoms with Gasteiger partial charge in [0.25, 0.3) is 0 Å². The quantitative estimate of drug-likeness (QED) is 0.822. The van der Waals surface area contributed by atoms with Crippen molar-refractivity contribution in [3.8, 4) is 0 Å². The van der Waals surface area contributed by atoms with Crippen molar-refractivity contribution in [3.05, 3.63) is 35.9 Å². The molecule has 0 bridgehead atoms. The molecule has 4 unspecified atom stereocenters. The summed E-state index contributed by atoms with van der Waals surface area (Å²) in [5.74, 6) is -0.222. The molecular weight excluding hydrogens is 274 g/mol. The van der Waals surface area contributed by atoms with Crippen LogP contribution in [-0.4, -0.2) is 50.0 Å². The van der Waals surface area contributed by atoms with Gasteiger partial charge in [-0.3, -0.25) is 0 Å². The molecule has 6 heteroatoms. The molecule has 6 atom stereocenters. The molecule has 1 aromatic rings. The van der Waals surface area contributed by atoms with Gasteiger partial charge in [-0.2, -0.15) is 0 Å².